The molecule has 2 atom stereocenters. The number of rotatable bonds is 6. The summed E-state index contributed by atoms with van der Waals surface area (Å²) in [6.07, 6.45) is 2.97. The fourth-order valence-electron chi connectivity index (χ4n) is 1.85. The van der Waals surface area contributed by atoms with E-state index in [1.165, 1.54) is 7.11 Å². The number of methoxy groups -OCH3 is 1. The van der Waals surface area contributed by atoms with Gasteiger partial charge in [-0.15, -0.1) is 0 Å². The van der Waals surface area contributed by atoms with Gasteiger partial charge in [0.1, 0.15) is 6.04 Å². The summed E-state index contributed by atoms with van der Waals surface area (Å²) in [7, 11) is 1.44. The Morgan fingerprint density at radius 3 is 2.87 bits per heavy atom. The van der Waals surface area contributed by atoms with Crippen LogP contribution in [0.15, 0.2) is 0 Å². The Labute approximate surface area is 91.2 Å². The van der Waals surface area contributed by atoms with Gasteiger partial charge in [0, 0.05) is 13.2 Å². The second-order valence-corrected chi connectivity index (χ2v) is 4.29. The molecule has 0 aromatic rings. The Bertz CT molecular complexity index is 208. The van der Waals surface area contributed by atoms with Gasteiger partial charge < -0.3 is 9.84 Å². The van der Waals surface area contributed by atoms with E-state index in [-0.39, 0.29) is 18.6 Å². The van der Waals surface area contributed by atoms with Crippen LogP contribution in [0.25, 0.3) is 0 Å². The van der Waals surface area contributed by atoms with Crippen molar-refractivity contribution in [2.75, 3.05) is 26.8 Å². The topological polar surface area (TPSA) is 49.8 Å². The third-order valence-corrected chi connectivity index (χ3v) is 3.06. The van der Waals surface area contributed by atoms with E-state index in [1.54, 1.807) is 0 Å². The van der Waals surface area contributed by atoms with Crippen LogP contribution >= 0.6 is 0 Å². The van der Waals surface area contributed by atoms with E-state index in [2.05, 4.69) is 4.90 Å². The third kappa shape index (κ3) is 3.47. The lowest BCUT2D eigenvalue weighted by atomic mass is 10.0. The molecule has 15 heavy (non-hydrogen) atoms. The summed E-state index contributed by atoms with van der Waals surface area (Å²) < 4.78 is 4.71. The molecule has 0 amide bonds. The highest BCUT2D eigenvalue weighted by molar-refractivity contribution is 5.76. The van der Waals surface area contributed by atoms with E-state index >= 15 is 0 Å². The minimum absolute atomic E-state index is 0.0144. The number of carbonyl (C=O) groups excluding carboxylic acids is 1. The first kappa shape index (κ1) is 12.5. The molecule has 4 heteroatoms. The molecule has 0 aromatic heterocycles. The molecule has 0 aliphatic carbocycles. The van der Waals surface area contributed by atoms with Crippen LogP contribution in [0.5, 0.6) is 0 Å². The van der Waals surface area contributed by atoms with E-state index < -0.39 is 0 Å². The molecule has 1 aliphatic rings. The number of nitrogens with zero attached hydrogens (tertiary/aromatic N) is 1. The summed E-state index contributed by atoms with van der Waals surface area (Å²) in [5.41, 5.74) is 0. The van der Waals surface area contributed by atoms with Crippen LogP contribution in [0.3, 0.4) is 0 Å². The van der Waals surface area contributed by atoms with Crippen LogP contribution in [0, 0.1) is 5.92 Å². The predicted molar refractivity (Wildman–Crippen MR) is 57.5 cm³/mol. The predicted octanol–water partition coefficient (Wildman–Crippen LogP) is 0.642. The number of hydrogen-bond donors (Lipinski definition) is 1. The SMILES string of the molecule is COC(=O)C1CCN1CCCC(C)CO. The first-order chi connectivity index (χ1) is 7.19. The number of aliphatic hydroxyl groups excluding tert-OH is 1. The third-order valence-electron chi connectivity index (χ3n) is 3.06. The van der Waals surface area contributed by atoms with E-state index in [0.717, 1.165) is 32.4 Å². The standard InChI is InChI=1S/C11H21NO3/c1-9(8-13)4-3-6-12-7-5-10(12)11(14)15-2/h9-10,13H,3-8H2,1-2H3. The van der Waals surface area contributed by atoms with E-state index in [1.807, 2.05) is 6.92 Å². The lowest BCUT2D eigenvalue weighted by Crippen LogP contribution is -2.52. The normalized spacial score (nSPS) is 23.3. The van der Waals surface area contributed by atoms with Gasteiger partial charge >= 0.3 is 5.97 Å². The number of ether oxygens (including phenoxy) is 1. The number of esters is 1. The lowest BCUT2D eigenvalue weighted by Gasteiger charge is -2.38. The first-order valence-electron chi connectivity index (χ1n) is 5.61. The molecule has 0 spiro atoms. The average molecular weight is 215 g/mol. The Hall–Kier alpha value is -0.610. The highest BCUT2D eigenvalue weighted by Gasteiger charge is 2.34. The van der Waals surface area contributed by atoms with Crippen molar-refractivity contribution < 1.29 is 14.6 Å². The Morgan fingerprint density at radius 1 is 1.67 bits per heavy atom. The van der Waals surface area contributed by atoms with Gasteiger partial charge in [-0.05, 0) is 31.7 Å². The minimum Gasteiger partial charge on any atom is -0.468 e. The highest BCUT2D eigenvalue weighted by atomic mass is 16.5. The first-order valence-corrected chi connectivity index (χ1v) is 5.61. The van der Waals surface area contributed by atoms with Crippen LogP contribution in [0.2, 0.25) is 0 Å². The Kier molecular flexibility index (Phi) is 5.05. The second kappa shape index (κ2) is 6.08. The summed E-state index contributed by atoms with van der Waals surface area (Å²) in [4.78, 5) is 13.4. The van der Waals surface area contributed by atoms with Crippen molar-refractivity contribution in [3.8, 4) is 0 Å². The minimum atomic E-state index is -0.114. The van der Waals surface area contributed by atoms with Crippen molar-refractivity contribution in [3.63, 3.8) is 0 Å². The quantitative estimate of drug-likeness (QED) is 0.661. The molecule has 1 fully saturated rings. The molecule has 0 aromatic carbocycles. The number of aliphatic hydroxyl groups is 1. The molecule has 88 valence electrons. The van der Waals surface area contributed by atoms with Crippen LogP contribution in [0.1, 0.15) is 26.2 Å². The van der Waals surface area contributed by atoms with Gasteiger partial charge in [0.15, 0.2) is 0 Å². The van der Waals surface area contributed by atoms with Gasteiger partial charge in [0.25, 0.3) is 0 Å². The molecule has 2 unspecified atom stereocenters. The molecule has 0 bridgehead atoms. The van der Waals surface area contributed by atoms with Crippen molar-refractivity contribution in [1.82, 2.24) is 4.90 Å². The molecule has 1 aliphatic heterocycles. The summed E-state index contributed by atoms with van der Waals surface area (Å²) in [5.74, 6) is 0.249. The molecule has 4 nitrogen and oxygen atoms in total. The lowest BCUT2D eigenvalue weighted by molar-refractivity contribution is -0.151. The summed E-state index contributed by atoms with van der Waals surface area (Å²) >= 11 is 0. The molecule has 1 N–H and O–H groups in total. The van der Waals surface area contributed by atoms with Crippen molar-refractivity contribution in [2.45, 2.75) is 32.2 Å². The summed E-state index contributed by atoms with van der Waals surface area (Å²) in [6.45, 7) is 4.21. The maximum absolute atomic E-state index is 11.3. The van der Waals surface area contributed by atoms with Gasteiger partial charge in [0.2, 0.25) is 0 Å². The Balaban J connectivity index is 2.14. The van der Waals surface area contributed by atoms with Gasteiger partial charge in [-0.25, -0.2) is 0 Å². The maximum atomic E-state index is 11.3. The molecule has 1 rings (SSSR count). The van der Waals surface area contributed by atoms with Crippen LogP contribution in [-0.4, -0.2) is 48.8 Å². The zero-order valence-electron chi connectivity index (χ0n) is 9.61. The van der Waals surface area contributed by atoms with Crippen molar-refractivity contribution in [3.05, 3.63) is 0 Å². The van der Waals surface area contributed by atoms with Crippen molar-refractivity contribution in [1.29, 1.82) is 0 Å². The second-order valence-electron chi connectivity index (χ2n) is 4.29. The Morgan fingerprint density at radius 2 is 2.40 bits per heavy atom. The van der Waals surface area contributed by atoms with Gasteiger partial charge in [-0.3, -0.25) is 9.69 Å². The number of likely N-dealkylation sites (tertiary alicyclic amines) is 1. The highest BCUT2D eigenvalue weighted by Crippen LogP contribution is 2.19. The molecule has 0 saturated carbocycles. The molecule has 0 radical (unpaired) electrons. The zero-order chi connectivity index (χ0) is 11.3. The number of carbonyl (C=O) groups is 1. The van der Waals surface area contributed by atoms with Gasteiger partial charge in [0.05, 0.1) is 7.11 Å². The van der Waals surface area contributed by atoms with Crippen LogP contribution < -0.4 is 0 Å². The largest absolute Gasteiger partial charge is 0.468 e. The smallest absolute Gasteiger partial charge is 0.323 e. The van der Waals surface area contributed by atoms with E-state index in [0.29, 0.717) is 5.92 Å². The maximum Gasteiger partial charge on any atom is 0.323 e. The van der Waals surface area contributed by atoms with Gasteiger partial charge in [-0.2, -0.15) is 0 Å². The van der Waals surface area contributed by atoms with E-state index in [4.69, 9.17) is 9.84 Å². The van der Waals surface area contributed by atoms with Crippen LogP contribution in [-0.2, 0) is 9.53 Å². The van der Waals surface area contributed by atoms with Crippen molar-refractivity contribution >= 4 is 5.97 Å². The van der Waals surface area contributed by atoms with Crippen LogP contribution in [0.4, 0.5) is 0 Å². The summed E-state index contributed by atoms with van der Waals surface area (Å²) in [5, 5.41) is 8.86. The molecular formula is C11H21NO3. The summed E-state index contributed by atoms with van der Waals surface area (Å²) in [6, 6.07) is -0.0144. The fourth-order valence-corrected chi connectivity index (χ4v) is 1.85. The molecule has 1 saturated heterocycles. The van der Waals surface area contributed by atoms with Gasteiger partial charge in [-0.1, -0.05) is 6.92 Å². The molecule has 1 heterocycles. The van der Waals surface area contributed by atoms with Crippen molar-refractivity contribution in [2.24, 2.45) is 5.92 Å². The fraction of sp³-hybridized carbons (Fsp3) is 0.909. The molecular weight excluding hydrogens is 194 g/mol. The van der Waals surface area contributed by atoms with E-state index in [9.17, 15) is 4.79 Å². The monoisotopic (exact) mass is 215 g/mol. The average Bonchev–Trinajstić information content (AvgIpc) is 2.21. The number of hydrogen-bond acceptors (Lipinski definition) is 4. The zero-order valence-corrected chi connectivity index (χ0v) is 9.61.